The molecule has 0 atom stereocenters. The fourth-order valence-electron chi connectivity index (χ4n) is 1.94. The molecule has 0 bridgehead atoms. The molecule has 0 fully saturated rings. The molecular formula is C16H20N2OS. The third-order valence-electron chi connectivity index (χ3n) is 3.15. The van der Waals surface area contributed by atoms with Crippen LogP contribution in [0.5, 0.6) is 0 Å². The van der Waals surface area contributed by atoms with Crippen LogP contribution >= 0.6 is 11.8 Å². The fourth-order valence-corrected chi connectivity index (χ4v) is 2.79. The van der Waals surface area contributed by atoms with Crippen LogP contribution in [0.2, 0.25) is 0 Å². The third-order valence-corrected chi connectivity index (χ3v) is 4.15. The van der Waals surface area contributed by atoms with Crippen molar-refractivity contribution < 1.29 is 0 Å². The lowest BCUT2D eigenvalue weighted by molar-refractivity contribution is 0.737. The lowest BCUT2D eigenvalue weighted by Crippen LogP contribution is -2.19. The quantitative estimate of drug-likeness (QED) is 0.858. The van der Waals surface area contributed by atoms with Crippen molar-refractivity contribution >= 4 is 17.4 Å². The first-order valence-electron chi connectivity index (χ1n) is 6.75. The molecule has 1 heterocycles. The Kier molecular flexibility index (Phi) is 4.90. The number of nitrogens with two attached hydrogens (primary N) is 1. The molecule has 0 aliphatic carbocycles. The first-order valence-corrected chi connectivity index (χ1v) is 7.73. The highest BCUT2D eigenvalue weighted by molar-refractivity contribution is 7.99. The molecule has 106 valence electrons. The van der Waals surface area contributed by atoms with Gasteiger partial charge in [-0.05, 0) is 29.7 Å². The van der Waals surface area contributed by atoms with Crippen molar-refractivity contribution in [3.63, 3.8) is 0 Å². The second-order valence-electron chi connectivity index (χ2n) is 5.07. The van der Waals surface area contributed by atoms with E-state index in [2.05, 4.69) is 38.1 Å². The Bertz CT molecular complexity index is 617. The van der Waals surface area contributed by atoms with Crippen LogP contribution < -0.4 is 11.3 Å². The van der Waals surface area contributed by atoms with Crippen LogP contribution in [-0.2, 0) is 6.54 Å². The van der Waals surface area contributed by atoms with Crippen molar-refractivity contribution in [2.75, 3.05) is 11.5 Å². The number of hydrogen-bond acceptors (Lipinski definition) is 3. The zero-order valence-electron chi connectivity index (χ0n) is 11.9. The summed E-state index contributed by atoms with van der Waals surface area (Å²) in [6, 6.07) is 11.8. The predicted octanol–water partition coefficient (Wildman–Crippen LogP) is 3.35. The maximum atomic E-state index is 11.6. The first kappa shape index (κ1) is 14.7. The summed E-state index contributed by atoms with van der Waals surface area (Å²) in [4.78, 5) is 12.9. The van der Waals surface area contributed by atoms with E-state index in [0.717, 1.165) is 5.75 Å². The van der Waals surface area contributed by atoms with Crippen LogP contribution in [0.4, 0.5) is 5.69 Å². The maximum Gasteiger partial charge on any atom is 0.250 e. The number of thioether (sulfide) groups is 1. The highest BCUT2D eigenvalue weighted by Gasteiger charge is 2.01. The molecule has 1 aromatic heterocycles. The molecule has 2 N–H and O–H groups in total. The molecule has 0 saturated carbocycles. The Hall–Kier alpha value is -1.68. The second-order valence-corrected chi connectivity index (χ2v) is 6.23. The number of anilines is 1. The third kappa shape index (κ3) is 3.90. The van der Waals surface area contributed by atoms with Crippen molar-refractivity contribution in [3.8, 4) is 0 Å². The van der Waals surface area contributed by atoms with Gasteiger partial charge < -0.3 is 10.3 Å². The van der Waals surface area contributed by atoms with Gasteiger partial charge in [-0.2, -0.15) is 0 Å². The maximum absolute atomic E-state index is 11.6. The molecule has 0 amide bonds. The molecule has 3 nitrogen and oxygen atoms in total. The standard InChI is InChI=1S/C16H20N2OS/c1-12(2)13-3-6-15(7-4-13)20-10-9-18-11-14(17)5-8-16(18)19/h3-8,11-12H,9-10,17H2,1-2H3. The van der Waals surface area contributed by atoms with Gasteiger partial charge in [0.1, 0.15) is 0 Å². The molecule has 0 aliphatic rings. The van der Waals surface area contributed by atoms with Gasteiger partial charge in [0.15, 0.2) is 0 Å². The van der Waals surface area contributed by atoms with Gasteiger partial charge >= 0.3 is 0 Å². The molecule has 4 heteroatoms. The molecule has 0 unspecified atom stereocenters. The molecule has 0 saturated heterocycles. The number of hydrogen-bond donors (Lipinski definition) is 1. The largest absolute Gasteiger partial charge is 0.398 e. The fraction of sp³-hybridized carbons (Fsp3) is 0.312. The molecule has 0 aliphatic heterocycles. The van der Waals surface area contributed by atoms with Crippen LogP contribution in [0, 0.1) is 0 Å². The zero-order chi connectivity index (χ0) is 14.5. The molecule has 20 heavy (non-hydrogen) atoms. The zero-order valence-corrected chi connectivity index (χ0v) is 12.7. The van der Waals surface area contributed by atoms with Crippen LogP contribution in [0.15, 0.2) is 52.3 Å². The number of aryl methyl sites for hydroxylation is 1. The Balaban J connectivity index is 1.92. The van der Waals surface area contributed by atoms with E-state index in [1.54, 1.807) is 28.6 Å². The molecular weight excluding hydrogens is 268 g/mol. The van der Waals surface area contributed by atoms with E-state index in [9.17, 15) is 4.79 Å². The number of nitrogen functional groups attached to an aromatic ring is 1. The molecule has 2 rings (SSSR count). The average Bonchev–Trinajstić information content (AvgIpc) is 2.43. The molecule has 2 aromatic rings. The molecule has 0 spiro atoms. The van der Waals surface area contributed by atoms with Crippen molar-refractivity contribution in [1.82, 2.24) is 4.57 Å². The summed E-state index contributed by atoms with van der Waals surface area (Å²) >= 11 is 1.75. The number of aromatic nitrogens is 1. The average molecular weight is 288 g/mol. The lowest BCUT2D eigenvalue weighted by atomic mass is 10.0. The lowest BCUT2D eigenvalue weighted by Gasteiger charge is -2.08. The molecule has 1 aromatic carbocycles. The van der Waals surface area contributed by atoms with E-state index in [-0.39, 0.29) is 5.56 Å². The summed E-state index contributed by atoms with van der Waals surface area (Å²) in [7, 11) is 0. The van der Waals surface area contributed by atoms with Crippen molar-refractivity contribution in [1.29, 1.82) is 0 Å². The highest BCUT2D eigenvalue weighted by atomic mass is 32.2. The van der Waals surface area contributed by atoms with Crippen molar-refractivity contribution in [3.05, 3.63) is 58.5 Å². The minimum absolute atomic E-state index is 0.00467. The van der Waals surface area contributed by atoms with Crippen LogP contribution in [-0.4, -0.2) is 10.3 Å². The summed E-state index contributed by atoms with van der Waals surface area (Å²) < 4.78 is 1.66. The highest BCUT2D eigenvalue weighted by Crippen LogP contribution is 2.21. The summed E-state index contributed by atoms with van der Waals surface area (Å²) in [6.45, 7) is 5.04. The normalized spacial score (nSPS) is 10.9. The second kappa shape index (κ2) is 6.66. The van der Waals surface area contributed by atoms with E-state index >= 15 is 0 Å². The van der Waals surface area contributed by atoms with E-state index < -0.39 is 0 Å². The van der Waals surface area contributed by atoms with Crippen LogP contribution in [0.1, 0.15) is 25.3 Å². The van der Waals surface area contributed by atoms with Gasteiger partial charge in [-0.15, -0.1) is 11.8 Å². The van der Waals surface area contributed by atoms with Crippen molar-refractivity contribution in [2.45, 2.75) is 31.2 Å². The van der Waals surface area contributed by atoms with E-state index in [1.807, 2.05) is 0 Å². The van der Waals surface area contributed by atoms with Crippen molar-refractivity contribution in [2.24, 2.45) is 0 Å². The van der Waals surface area contributed by atoms with Crippen LogP contribution in [0.3, 0.4) is 0 Å². The SMILES string of the molecule is CC(C)c1ccc(SCCn2cc(N)ccc2=O)cc1. The summed E-state index contributed by atoms with van der Waals surface area (Å²) in [6.07, 6.45) is 1.70. The van der Waals surface area contributed by atoms with E-state index in [4.69, 9.17) is 5.73 Å². The first-order chi connectivity index (χ1) is 9.56. The molecule has 0 radical (unpaired) electrons. The van der Waals surface area contributed by atoms with E-state index in [0.29, 0.717) is 18.2 Å². The number of pyridine rings is 1. The summed E-state index contributed by atoms with van der Waals surface area (Å²) in [5.74, 6) is 1.41. The number of nitrogens with zero attached hydrogens (tertiary/aromatic N) is 1. The van der Waals surface area contributed by atoms with Gasteiger partial charge in [0, 0.05) is 35.1 Å². The van der Waals surface area contributed by atoms with Crippen LogP contribution in [0.25, 0.3) is 0 Å². The smallest absolute Gasteiger partial charge is 0.250 e. The Morgan fingerprint density at radius 1 is 1.15 bits per heavy atom. The summed E-state index contributed by atoms with van der Waals surface area (Å²) in [5.41, 5.74) is 7.65. The van der Waals surface area contributed by atoms with Gasteiger partial charge in [-0.3, -0.25) is 4.79 Å². The predicted molar refractivity (Wildman–Crippen MR) is 86.4 cm³/mol. The van der Waals surface area contributed by atoms with Gasteiger partial charge in [-0.25, -0.2) is 0 Å². The minimum atomic E-state index is -0.00467. The summed E-state index contributed by atoms with van der Waals surface area (Å²) in [5, 5.41) is 0. The topological polar surface area (TPSA) is 48.0 Å². The minimum Gasteiger partial charge on any atom is -0.398 e. The van der Waals surface area contributed by atoms with Gasteiger partial charge in [0.25, 0.3) is 5.56 Å². The van der Waals surface area contributed by atoms with Gasteiger partial charge in [0.05, 0.1) is 0 Å². The Morgan fingerprint density at radius 3 is 2.50 bits per heavy atom. The number of rotatable bonds is 5. The monoisotopic (exact) mass is 288 g/mol. The Morgan fingerprint density at radius 2 is 1.85 bits per heavy atom. The van der Waals surface area contributed by atoms with Gasteiger partial charge in [0.2, 0.25) is 0 Å². The van der Waals surface area contributed by atoms with Gasteiger partial charge in [-0.1, -0.05) is 26.0 Å². The number of benzene rings is 1. The van der Waals surface area contributed by atoms with E-state index in [1.165, 1.54) is 16.5 Å². The Labute approximate surface area is 123 Å².